The van der Waals surface area contributed by atoms with Crippen molar-refractivity contribution in [2.45, 2.75) is 24.5 Å². The summed E-state index contributed by atoms with van der Waals surface area (Å²) < 4.78 is 5.65. The van der Waals surface area contributed by atoms with E-state index < -0.39 is 6.10 Å². The van der Waals surface area contributed by atoms with E-state index in [0.29, 0.717) is 0 Å². The molecule has 0 aromatic heterocycles. The molecule has 1 aliphatic heterocycles. The molecule has 0 amide bonds. The van der Waals surface area contributed by atoms with Gasteiger partial charge >= 0.3 is 0 Å². The SMILES string of the molecule is OC1c2c[c]ccc2OC12CC2. The maximum Gasteiger partial charge on any atom is 0.139 e. The number of fused-ring (bicyclic) bond motifs is 1. The van der Waals surface area contributed by atoms with Gasteiger partial charge in [-0.05, 0) is 31.0 Å². The summed E-state index contributed by atoms with van der Waals surface area (Å²) in [5.74, 6) is 0.832. The molecule has 1 heterocycles. The Labute approximate surface area is 70.8 Å². The summed E-state index contributed by atoms with van der Waals surface area (Å²) in [5.41, 5.74) is 0.646. The second-order valence-corrected chi connectivity index (χ2v) is 3.53. The molecule has 1 aromatic carbocycles. The number of benzene rings is 1. The van der Waals surface area contributed by atoms with Crippen LogP contribution >= 0.6 is 0 Å². The minimum Gasteiger partial charge on any atom is -0.484 e. The average molecular weight is 161 g/mol. The molecule has 2 aliphatic rings. The van der Waals surface area contributed by atoms with Crippen LogP contribution in [-0.2, 0) is 0 Å². The van der Waals surface area contributed by atoms with E-state index in [1.165, 1.54) is 0 Å². The Hall–Kier alpha value is -1.02. The Morgan fingerprint density at radius 3 is 3.08 bits per heavy atom. The summed E-state index contributed by atoms with van der Waals surface area (Å²) in [5, 5.41) is 9.83. The van der Waals surface area contributed by atoms with Crippen LogP contribution in [0.25, 0.3) is 0 Å². The van der Waals surface area contributed by atoms with Crippen molar-refractivity contribution in [3.8, 4) is 5.75 Å². The van der Waals surface area contributed by atoms with Gasteiger partial charge in [0.25, 0.3) is 0 Å². The molecule has 61 valence electrons. The highest BCUT2D eigenvalue weighted by molar-refractivity contribution is 5.43. The van der Waals surface area contributed by atoms with Gasteiger partial charge in [-0.1, -0.05) is 6.07 Å². The van der Waals surface area contributed by atoms with E-state index in [0.717, 1.165) is 24.2 Å². The molecule has 1 N–H and O–H groups in total. The maximum absolute atomic E-state index is 9.83. The lowest BCUT2D eigenvalue weighted by molar-refractivity contribution is 0.0488. The molecule has 1 saturated carbocycles. The molecule has 0 saturated heterocycles. The van der Waals surface area contributed by atoms with Gasteiger partial charge in [-0.2, -0.15) is 0 Å². The molecule has 0 bridgehead atoms. The van der Waals surface area contributed by atoms with Gasteiger partial charge in [-0.15, -0.1) is 0 Å². The van der Waals surface area contributed by atoms with Gasteiger partial charge in [0.2, 0.25) is 0 Å². The van der Waals surface area contributed by atoms with Crippen molar-refractivity contribution in [1.29, 1.82) is 0 Å². The Morgan fingerprint density at radius 2 is 2.42 bits per heavy atom. The Morgan fingerprint density at radius 1 is 1.58 bits per heavy atom. The highest BCUT2D eigenvalue weighted by Crippen LogP contribution is 2.56. The predicted molar refractivity (Wildman–Crippen MR) is 42.8 cm³/mol. The number of rotatable bonds is 0. The van der Waals surface area contributed by atoms with Crippen LogP contribution in [0.5, 0.6) is 5.75 Å². The lowest BCUT2D eigenvalue weighted by Crippen LogP contribution is -2.19. The molecule has 1 atom stereocenters. The Balaban J connectivity index is 2.13. The van der Waals surface area contributed by atoms with Crippen LogP contribution in [0, 0.1) is 6.07 Å². The van der Waals surface area contributed by atoms with E-state index in [1.54, 1.807) is 0 Å². The fourth-order valence-corrected chi connectivity index (χ4v) is 1.79. The average Bonchev–Trinajstić information content (AvgIpc) is 2.79. The van der Waals surface area contributed by atoms with Gasteiger partial charge in [-0.25, -0.2) is 0 Å². The number of aliphatic hydroxyl groups excluding tert-OH is 1. The van der Waals surface area contributed by atoms with Crippen molar-refractivity contribution in [3.63, 3.8) is 0 Å². The number of ether oxygens (including phenoxy) is 1. The van der Waals surface area contributed by atoms with Crippen LogP contribution in [0.4, 0.5) is 0 Å². The van der Waals surface area contributed by atoms with E-state index >= 15 is 0 Å². The van der Waals surface area contributed by atoms with Crippen molar-refractivity contribution in [1.82, 2.24) is 0 Å². The smallest absolute Gasteiger partial charge is 0.139 e. The van der Waals surface area contributed by atoms with Crippen LogP contribution in [0.15, 0.2) is 18.2 Å². The fraction of sp³-hybridized carbons (Fsp3) is 0.400. The molecule has 2 heteroatoms. The van der Waals surface area contributed by atoms with Crippen LogP contribution in [0.1, 0.15) is 24.5 Å². The van der Waals surface area contributed by atoms with Gasteiger partial charge in [0.1, 0.15) is 17.5 Å². The highest BCUT2D eigenvalue weighted by Gasteiger charge is 2.57. The van der Waals surface area contributed by atoms with Gasteiger partial charge in [0.15, 0.2) is 0 Å². The third-order valence-corrected chi connectivity index (χ3v) is 2.70. The molecule has 1 aromatic rings. The first kappa shape index (κ1) is 6.49. The second kappa shape index (κ2) is 1.83. The van der Waals surface area contributed by atoms with Crippen LogP contribution in [0.3, 0.4) is 0 Å². The molecule has 1 spiro atoms. The van der Waals surface area contributed by atoms with E-state index in [1.807, 2.05) is 18.2 Å². The third kappa shape index (κ3) is 0.636. The van der Waals surface area contributed by atoms with Crippen molar-refractivity contribution < 1.29 is 9.84 Å². The van der Waals surface area contributed by atoms with Crippen molar-refractivity contribution in [2.75, 3.05) is 0 Å². The van der Waals surface area contributed by atoms with Crippen LogP contribution in [-0.4, -0.2) is 10.7 Å². The zero-order valence-corrected chi connectivity index (χ0v) is 6.58. The number of hydrogen-bond acceptors (Lipinski definition) is 2. The second-order valence-electron chi connectivity index (χ2n) is 3.53. The summed E-state index contributed by atoms with van der Waals surface area (Å²) >= 11 is 0. The van der Waals surface area contributed by atoms with Crippen molar-refractivity contribution in [3.05, 3.63) is 29.8 Å². The molecule has 1 aliphatic carbocycles. The Kier molecular flexibility index (Phi) is 0.989. The first-order valence-electron chi connectivity index (χ1n) is 4.19. The molecule has 2 nitrogen and oxygen atoms in total. The number of hydrogen-bond donors (Lipinski definition) is 1. The number of aliphatic hydroxyl groups is 1. The summed E-state index contributed by atoms with van der Waals surface area (Å²) in [7, 11) is 0. The quantitative estimate of drug-likeness (QED) is 0.624. The molecule has 1 unspecified atom stereocenters. The molecular weight excluding hydrogens is 152 g/mol. The van der Waals surface area contributed by atoms with Crippen molar-refractivity contribution in [2.24, 2.45) is 0 Å². The molecule has 1 radical (unpaired) electrons. The summed E-state index contributed by atoms with van der Waals surface area (Å²) in [4.78, 5) is 0. The monoisotopic (exact) mass is 161 g/mol. The summed E-state index contributed by atoms with van der Waals surface area (Å²) in [6.07, 6.45) is 1.52. The van der Waals surface area contributed by atoms with Gasteiger partial charge in [0.05, 0.1) is 0 Å². The molecule has 3 rings (SSSR count). The first-order valence-corrected chi connectivity index (χ1v) is 4.19. The Bertz CT molecular complexity index is 328. The lowest BCUT2D eigenvalue weighted by atomic mass is 10.1. The fourth-order valence-electron chi connectivity index (χ4n) is 1.79. The van der Waals surface area contributed by atoms with Crippen molar-refractivity contribution >= 4 is 0 Å². The molecule has 1 fully saturated rings. The van der Waals surface area contributed by atoms with Crippen LogP contribution < -0.4 is 4.74 Å². The third-order valence-electron chi connectivity index (χ3n) is 2.70. The summed E-state index contributed by atoms with van der Waals surface area (Å²) in [6.45, 7) is 0. The van der Waals surface area contributed by atoms with E-state index in [-0.39, 0.29) is 5.60 Å². The normalized spacial score (nSPS) is 28.2. The first-order chi connectivity index (χ1) is 5.82. The molecule has 12 heavy (non-hydrogen) atoms. The minimum atomic E-state index is -0.426. The highest BCUT2D eigenvalue weighted by atomic mass is 16.5. The minimum absolute atomic E-state index is 0.252. The standard InChI is InChI=1S/C10H9O2/c11-9-7-3-1-2-4-8(7)12-10(9)5-6-10/h2-4,9,11H,5-6H2. The summed E-state index contributed by atoms with van der Waals surface area (Å²) in [6, 6.07) is 8.44. The van der Waals surface area contributed by atoms with Gasteiger partial charge < -0.3 is 9.84 Å². The molecular formula is C10H9O2. The largest absolute Gasteiger partial charge is 0.484 e. The van der Waals surface area contributed by atoms with Gasteiger partial charge in [0, 0.05) is 5.56 Å². The maximum atomic E-state index is 9.83. The van der Waals surface area contributed by atoms with Crippen LogP contribution in [0.2, 0.25) is 0 Å². The zero-order valence-electron chi connectivity index (χ0n) is 6.58. The van der Waals surface area contributed by atoms with Gasteiger partial charge in [-0.3, -0.25) is 0 Å². The van der Waals surface area contributed by atoms with E-state index in [2.05, 4.69) is 6.07 Å². The van der Waals surface area contributed by atoms with E-state index in [9.17, 15) is 5.11 Å². The lowest BCUT2D eigenvalue weighted by Gasteiger charge is -2.10. The predicted octanol–water partition coefficient (Wildman–Crippen LogP) is 1.45. The van der Waals surface area contributed by atoms with E-state index in [4.69, 9.17) is 4.74 Å². The topological polar surface area (TPSA) is 29.5 Å². The zero-order chi connectivity index (χ0) is 8.18.